The van der Waals surface area contributed by atoms with Gasteiger partial charge in [-0.3, -0.25) is 4.79 Å². The highest BCUT2D eigenvalue weighted by Gasteiger charge is 2.70. The van der Waals surface area contributed by atoms with E-state index in [-0.39, 0.29) is 24.7 Å². The highest BCUT2D eigenvalue weighted by molar-refractivity contribution is 5.77. The van der Waals surface area contributed by atoms with Gasteiger partial charge in [-0.1, -0.05) is 19.9 Å². The second-order valence-corrected chi connectivity index (χ2v) is 24.6. The van der Waals surface area contributed by atoms with Crippen LogP contribution in [0.3, 0.4) is 0 Å². The van der Waals surface area contributed by atoms with Crippen LogP contribution in [0.4, 0.5) is 0 Å². The van der Waals surface area contributed by atoms with Gasteiger partial charge in [-0.15, -0.1) is 0 Å². The molecule has 3 saturated heterocycles. The number of hydrogen-bond acceptors (Lipinski definition) is 26. The first-order valence-corrected chi connectivity index (χ1v) is 27.6. The zero-order valence-electron chi connectivity index (χ0n) is 43.9. The average molecular weight is 1130 g/mol. The van der Waals surface area contributed by atoms with E-state index in [1.807, 2.05) is 6.92 Å². The maximum absolute atomic E-state index is 15.0. The summed E-state index contributed by atoms with van der Waals surface area (Å²) in [6.07, 6.45) is -33.1. The Bertz CT molecular complexity index is 2070. The largest absolute Gasteiger partial charge is 0.459 e. The van der Waals surface area contributed by atoms with Crippen molar-refractivity contribution >= 4 is 5.97 Å². The van der Waals surface area contributed by atoms with Crippen LogP contribution in [0.25, 0.3) is 0 Å². The van der Waals surface area contributed by atoms with Crippen LogP contribution < -0.4 is 0 Å². The van der Waals surface area contributed by atoms with Crippen LogP contribution >= 0.6 is 0 Å². The van der Waals surface area contributed by atoms with Crippen molar-refractivity contribution in [3.63, 3.8) is 0 Å². The van der Waals surface area contributed by atoms with Gasteiger partial charge in [0.2, 0.25) is 0 Å². The maximum Gasteiger partial charge on any atom is 0.312 e. The van der Waals surface area contributed by atoms with Crippen LogP contribution in [0.1, 0.15) is 84.5 Å². The molecule has 31 atom stereocenters. The smallest absolute Gasteiger partial charge is 0.312 e. The van der Waals surface area contributed by atoms with Crippen molar-refractivity contribution in [2.75, 3.05) is 33.0 Å². The van der Waals surface area contributed by atoms with E-state index in [0.717, 1.165) is 6.42 Å². The van der Waals surface area contributed by atoms with Crippen molar-refractivity contribution in [1.29, 1.82) is 0 Å². The predicted octanol–water partition coefficient (Wildman–Crippen LogP) is -5.96. The molecule has 3 aliphatic heterocycles. The molecule has 3 heterocycles. The van der Waals surface area contributed by atoms with E-state index >= 15 is 0 Å². The van der Waals surface area contributed by atoms with Gasteiger partial charge < -0.3 is 125 Å². The third-order valence-electron chi connectivity index (χ3n) is 20.2. The minimum atomic E-state index is -1.92. The molecule has 448 valence electrons. The summed E-state index contributed by atoms with van der Waals surface area (Å²) in [6, 6.07) is 0. The number of carbonyl (C=O) groups excluding carboxylic acids is 1. The highest BCUT2D eigenvalue weighted by atomic mass is 16.8. The van der Waals surface area contributed by atoms with Crippen LogP contribution in [0.5, 0.6) is 0 Å². The number of rotatable bonds is 15. The van der Waals surface area contributed by atoms with Crippen molar-refractivity contribution < 1.29 is 130 Å². The second-order valence-electron chi connectivity index (χ2n) is 24.6. The van der Waals surface area contributed by atoms with Crippen molar-refractivity contribution in [3.8, 4) is 0 Å². The van der Waals surface area contributed by atoms with Crippen LogP contribution in [0, 0.1) is 39.9 Å². The Morgan fingerprint density at radius 2 is 1.06 bits per heavy atom. The minimum absolute atomic E-state index is 0.0135. The summed E-state index contributed by atoms with van der Waals surface area (Å²) in [4.78, 5) is 15.0. The van der Waals surface area contributed by atoms with Crippen molar-refractivity contribution in [1.82, 2.24) is 0 Å². The fraction of sp³-hybridized carbons (Fsp3) is 0.942. The van der Waals surface area contributed by atoms with Gasteiger partial charge in [0.05, 0.1) is 49.1 Å². The molecule has 2 bridgehead atoms. The summed E-state index contributed by atoms with van der Waals surface area (Å²) in [5, 5.41) is 181. The lowest BCUT2D eigenvalue weighted by molar-refractivity contribution is -0.379. The van der Waals surface area contributed by atoms with E-state index in [1.165, 1.54) is 0 Å². The number of aliphatic hydroxyl groups excluding tert-OH is 17. The first-order chi connectivity index (χ1) is 36.8. The van der Waals surface area contributed by atoms with Crippen LogP contribution in [-0.2, 0) is 42.7 Å². The number of ether oxygens (including phenoxy) is 8. The molecule has 0 radical (unpaired) electrons. The zero-order valence-corrected chi connectivity index (χ0v) is 43.9. The van der Waals surface area contributed by atoms with E-state index in [4.69, 9.17) is 37.9 Å². The van der Waals surface area contributed by atoms with E-state index in [0.29, 0.717) is 56.9 Å². The maximum atomic E-state index is 15.0. The molecule has 6 aliphatic carbocycles. The van der Waals surface area contributed by atoms with Gasteiger partial charge in [0, 0.05) is 25.0 Å². The first-order valence-electron chi connectivity index (χ1n) is 27.6. The van der Waals surface area contributed by atoms with Crippen LogP contribution in [-0.4, -0.2) is 272 Å². The molecule has 26 heteroatoms. The van der Waals surface area contributed by atoms with Crippen LogP contribution in [0.2, 0.25) is 0 Å². The lowest BCUT2D eigenvalue weighted by Gasteiger charge is -2.64. The molecule has 9 rings (SSSR count). The molecule has 17 N–H and O–H groups in total. The lowest BCUT2D eigenvalue weighted by Crippen LogP contribution is -2.66. The number of fused-ring (bicyclic) bond motifs is 3. The third kappa shape index (κ3) is 10.5. The Morgan fingerprint density at radius 3 is 1.65 bits per heavy atom. The van der Waals surface area contributed by atoms with Crippen molar-refractivity contribution in [2.45, 2.75) is 231 Å². The number of hydrogen-bond donors (Lipinski definition) is 17. The van der Waals surface area contributed by atoms with E-state index in [9.17, 15) is 91.6 Å². The number of esters is 1. The van der Waals surface area contributed by atoms with Gasteiger partial charge in [0.25, 0.3) is 0 Å². The number of carbonyl (C=O) groups is 1. The standard InChI is InChI=1S/C52H84O26/c1-20-13-51-9-5-28-49(2,7-4-8-50(28,3)48(70)75-24-12-22(15-54)31(58)39(66)43(24)76-45-41(68)37(64)33(60)25(16-55)72-45)29(51)6-10-52(20,19-51)78-47-44(77-46-42(69)38(65)34(61)26(17-56)73-46)40(67)35(62)27(74-47)18-71-23-11-21(14-53)30(57)36(63)32(23)59/h21-47,53-69H,1,4-19H2,2-3H3/t21?,22?,23?,24?,25?,26?,27?,28?,29-,30?,31?,32?,33?,34?,35?,36?,37?,38?,39?,40?,41?,42?,43?,44?,45?,46?,47?,49+,50+,51+,52?/m0/s1. The Hall–Kier alpha value is -1.75. The molecule has 0 aromatic rings. The molecule has 0 amide bonds. The lowest BCUT2D eigenvalue weighted by atomic mass is 9.41. The fourth-order valence-electron chi connectivity index (χ4n) is 15.8. The van der Waals surface area contributed by atoms with Crippen molar-refractivity contribution in [2.24, 2.45) is 39.9 Å². The molecular weight excluding hydrogens is 1040 g/mol. The molecule has 78 heavy (non-hydrogen) atoms. The Balaban J connectivity index is 0.943. The molecule has 1 spiro atoms. The fourth-order valence-corrected chi connectivity index (χ4v) is 15.8. The second kappa shape index (κ2) is 23.4. The summed E-state index contributed by atoms with van der Waals surface area (Å²) in [5.41, 5.74) is -2.49. The van der Waals surface area contributed by atoms with Gasteiger partial charge in [0.15, 0.2) is 18.9 Å². The minimum Gasteiger partial charge on any atom is -0.459 e. The van der Waals surface area contributed by atoms with Gasteiger partial charge >= 0.3 is 5.97 Å². The Morgan fingerprint density at radius 1 is 0.551 bits per heavy atom. The summed E-state index contributed by atoms with van der Waals surface area (Å²) in [5.74, 6) is -2.68. The third-order valence-corrected chi connectivity index (χ3v) is 20.2. The van der Waals surface area contributed by atoms with Crippen LogP contribution in [0.15, 0.2) is 12.2 Å². The normalized spacial score (nSPS) is 54.5. The monoisotopic (exact) mass is 1120 g/mol. The van der Waals surface area contributed by atoms with Crippen molar-refractivity contribution in [3.05, 3.63) is 12.2 Å². The van der Waals surface area contributed by atoms with E-state index in [2.05, 4.69) is 13.5 Å². The van der Waals surface area contributed by atoms with Gasteiger partial charge in [-0.2, -0.15) is 0 Å². The highest BCUT2D eigenvalue weighted by Crippen LogP contribution is 2.74. The first kappa shape index (κ1) is 60.8. The summed E-state index contributed by atoms with van der Waals surface area (Å²) >= 11 is 0. The summed E-state index contributed by atoms with van der Waals surface area (Å²) < 4.78 is 49.0. The van der Waals surface area contributed by atoms with Gasteiger partial charge in [0.1, 0.15) is 104 Å². The summed E-state index contributed by atoms with van der Waals surface area (Å²) in [7, 11) is 0. The SMILES string of the molecule is C=C1C[C@@]23CCC4[C@](C)(C(=O)OC5CC(CO)C(O)C(O)C5OC5OC(CO)C(O)C(O)C5O)CCC[C@@]4(C)[C@@H]2CCC1(OC1OC(COC2CC(CO)C(O)C(O)C2O)C(O)C(O)C1OC1OC(CO)C(O)C(O)C1O)C3. The molecule has 0 aromatic heterocycles. The van der Waals surface area contributed by atoms with Gasteiger partial charge in [-0.05, 0) is 99.4 Å². The quantitative estimate of drug-likeness (QED) is 0.0412. The summed E-state index contributed by atoms with van der Waals surface area (Å²) in [6.45, 7) is 5.40. The zero-order chi connectivity index (χ0) is 56.7. The topological polar surface area (TPSA) is 435 Å². The number of aliphatic hydroxyl groups is 17. The van der Waals surface area contributed by atoms with E-state index < -0.39 is 214 Å². The Kier molecular flexibility index (Phi) is 18.2. The molecule has 0 aromatic carbocycles. The molecule has 9 aliphatic rings. The average Bonchev–Trinajstić information content (AvgIpc) is 3.50. The molecule has 27 unspecified atom stereocenters. The molecule has 6 saturated carbocycles. The molecule has 9 fully saturated rings. The molecular formula is C52H84O26. The van der Waals surface area contributed by atoms with Gasteiger partial charge in [-0.25, -0.2) is 0 Å². The van der Waals surface area contributed by atoms with E-state index in [1.54, 1.807) is 0 Å². The Labute approximate surface area is 450 Å². The predicted molar refractivity (Wildman–Crippen MR) is 258 cm³/mol. The molecule has 26 nitrogen and oxygen atoms in total.